The Morgan fingerprint density at radius 1 is 0.457 bits per heavy atom. The van der Waals surface area contributed by atoms with Crippen LogP contribution in [0.2, 0.25) is 0 Å². The fourth-order valence-corrected chi connectivity index (χ4v) is 9.43. The van der Waals surface area contributed by atoms with E-state index in [1.54, 1.807) is 97.2 Å². The molecule has 81 heavy (non-hydrogen) atoms. The maximum Gasteiger partial charge on any atom is 0.245 e. The number of carbonyl (C=O) groups excluding carboxylic acids is 8. The molecule has 1 aromatic heterocycles. The molecule has 0 radical (unpaired) electrons. The van der Waals surface area contributed by atoms with E-state index in [4.69, 9.17) is 22.9 Å². The molecule has 0 saturated carbocycles. The predicted molar refractivity (Wildman–Crippen MR) is 306 cm³/mol. The highest BCUT2D eigenvalue weighted by Gasteiger charge is 2.37. The molecule has 0 aliphatic carbocycles. The number of nitrogens with one attached hydrogen (secondary N) is 9. The number of carbonyl (C=O) groups is 8. The van der Waals surface area contributed by atoms with Gasteiger partial charge in [-0.15, -0.1) is 0 Å². The van der Waals surface area contributed by atoms with Crippen molar-refractivity contribution < 1.29 is 43.5 Å². The number of para-hydroxylation sites is 1. The maximum absolute atomic E-state index is 15.0. The molecule has 23 nitrogen and oxygen atoms in total. The minimum absolute atomic E-state index is 0.0125. The standard InChI is InChI=1S/C58H76N14O9/c1-35(73)49-57(81)71-47(32-38-20-9-4-10-21-38)53(77)67-44(26-28-60)51(75)65-43(25-15-29-63-58(61)62)50(74)68-45(30-36-16-5-2-6-17-36)54(78)69-46(31-37-18-7-3-8-19-37)55(79)70-48(33-39-34-64-41-23-12-11-22-40(39)41)56(80)66-42(52(76)72-49)24-13-14-27-59/h2-12,16-23,34-35,42-49,64,73H,13-15,24-33,59-60H2,1H3,(H,65,75)(H,66,80)(H,67,77)(H,68,74)(H,69,78)(H,70,79)(H,71,81)(H,72,76)(H4,61,62,63)/t35-,42+,43+,44-,45+,46+,47+,48-,49+/m1/s1. The molecule has 23 heteroatoms. The third-order valence-corrected chi connectivity index (χ3v) is 13.8. The summed E-state index contributed by atoms with van der Waals surface area (Å²) in [4.78, 5) is 125. The zero-order valence-electron chi connectivity index (χ0n) is 45.4. The summed E-state index contributed by atoms with van der Waals surface area (Å²) in [6.45, 7) is 1.46. The summed E-state index contributed by atoms with van der Waals surface area (Å²) >= 11 is 0. The quantitative estimate of drug-likeness (QED) is 0.0275. The van der Waals surface area contributed by atoms with Gasteiger partial charge in [0.25, 0.3) is 0 Å². The molecule has 5 aromatic rings. The molecule has 0 bridgehead atoms. The Bertz CT molecular complexity index is 2920. The summed E-state index contributed by atoms with van der Waals surface area (Å²) in [6, 6.07) is 22.2. The van der Waals surface area contributed by atoms with Gasteiger partial charge in [-0.25, -0.2) is 0 Å². The number of hydrogen-bond donors (Lipinski definition) is 14. The van der Waals surface area contributed by atoms with Crippen LogP contribution in [-0.4, -0.2) is 137 Å². The second kappa shape index (κ2) is 31.2. The Kier molecular flexibility index (Phi) is 23.7. The second-order valence-corrected chi connectivity index (χ2v) is 20.1. The van der Waals surface area contributed by atoms with Gasteiger partial charge < -0.3 is 75.6 Å². The summed E-state index contributed by atoms with van der Waals surface area (Å²) < 4.78 is 0. The first-order valence-electron chi connectivity index (χ1n) is 27.3. The third kappa shape index (κ3) is 19.0. The average molecular weight is 1110 g/mol. The number of rotatable bonds is 19. The number of unbranched alkanes of at least 4 members (excludes halogenated alkanes) is 1. The molecule has 8 amide bonds. The highest BCUT2D eigenvalue weighted by atomic mass is 16.3. The molecular formula is C58H76N14O9. The molecule has 0 unspecified atom stereocenters. The van der Waals surface area contributed by atoms with E-state index >= 15 is 4.79 Å². The summed E-state index contributed by atoms with van der Waals surface area (Å²) in [5.41, 5.74) is 26.3. The number of nitrogens with two attached hydrogens (primary N) is 4. The normalized spacial score (nSPS) is 22.5. The molecule has 432 valence electrons. The lowest BCUT2D eigenvalue weighted by molar-refractivity contribution is -0.137. The molecule has 6 rings (SSSR count). The fraction of sp³-hybridized carbons (Fsp3) is 0.397. The molecule has 4 aromatic carbocycles. The van der Waals surface area contributed by atoms with Crippen LogP contribution in [0.15, 0.2) is 126 Å². The minimum Gasteiger partial charge on any atom is -0.391 e. The average Bonchev–Trinajstić information content (AvgIpc) is 4.01. The van der Waals surface area contributed by atoms with Crippen molar-refractivity contribution in [2.45, 2.75) is 126 Å². The first kappa shape index (κ1) is 61.5. The van der Waals surface area contributed by atoms with Crippen LogP contribution in [0.4, 0.5) is 0 Å². The van der Waals surface area contributed by atoms with Crippen molar-refractivity contribution in [3.05, 3.63) is 144 Å². The van der Waals surface area contributed by atoms with E-state index in [1.807, 2.05) is 24.3 Å². The number of nitrogens with zero attached hydrogens (tertiary/aromatic N) is 1. The molecule has 1 fully saturated rings. The number of fused-ring (bicyclic) bond motifs is 1. The van der Waals surface area contributed by atoms with Gasteiger partial charge in [0, 0.05) is 49.3 Å². The number of guanidine groups is 1. The number of benzene rings is 4. The van der Waals surface area contributed by atoms with Crippen LogP contribution in [-0.2, 0) is 64.0 Å². The topological polar surface area (TPSA) is 385 Å². The molecule has 1 aliphatic rings. The number of aliphatic hydroxyl groups excluding tert-OH is 1. The van der Waals surface area contributed by atoms with Gasteiger partial charge in [-0.1, -0.05) is 109 Å². The maximum atomic E-state index is 15.0. The third-order valence-electron chi connectivity index (χ3n) is 13.8. The summed E-state index contributed by atoms with van der Waals surface area (Å²) in [6.07, 6.45) is 0.503. The van der Waals surface area contributed by atoms with Gasteiger partial charge in [0.15, 0.2) is 5.96 Å². The lowest BCUT2D eigenvalue weighted by atomic mass is 10.00. The van der Waals surface area contributed by atoms with Crippen molar-refractivity contribution >= 4 is 64.1 Å². The van der Waals surface area contributed by atoms with Gasteiger partial charge in [-0.2, -0.15) is 0 Å². The van der Waals surface area contributed by atoms with Crippen molar-refractivity contribution in [2.75, 3.05) is 19.6 Å². The Morgan fingerprint density at radius 2 is 0.840 bits per heavy atom. The lowest BCUT2D eigenvalue weighted by Gasteiger charge is -2.30. The van der Waals surface area contributed by atoms with E-state index in [1.165, 1.54) is 6.92 Å². The minimum atomic E-state index is -1.70. The van der Waals surface area contributed by atoms with Gasteiger partial charge in [0.1, 0.15) is 48.3 Å². The first-order valence-corrected chi connectivity index (χ1v) is 27.3. The largest absolute Gasteiger partial charge is 0.391 e. The molecule has 2 heterocycles. The number of aliphatic imine (C=N–C) groups is 1. The summed E-state index contributed by atoms with van der Waals surface area (Å²) in [5.74, 6) is -6.92. The van der Waals surface area contributed by atoms with Gasteiger partial charge in [-0.05, 0) is 86.9 Å². The van der Waals surface area contributed by atoms with Crippen LogP contribution < -0.4 is 65.5 Å². The van der Waals surface area contributed by atoms with Crippen LogP contribution in [0, 0.1) is 0 Å². The SMILES string of the molecule is C[C@@H](O)[C@@H]1NC(=O)[C@H](CCCCN)NC(=O)[C@@H](Cc2c[nH]c3ccccc23)NC(=O)[C@H](Cc2ccccc2)NC(=O)[C@H](Cc2ccccc2)NC(=O)[C@H](CCCN=C(N)N)NC(=O)[C@@H](CCN)NC(=O)[C@H](Cc2ccccc2)NC1=O. The smallest absolute Gasteiger partial charge is 0.245 e. The number of aromatic nitrogens is 1. The zero-order chi connectivity index (χ0) is 58.3. The van der Waals surface area contributed by atoms with E-state index < -0.39 is 102 Å². The number of aromatic amines is 1. The van der Waals surface area contributed by atoms with Gasteiger partial charge in [0.05, 0.1) is 6.10 Å². The Labute approximate surface area is 470 Å². The van der Waals surface area contributed by atoms with Crippen LogP contribution >= 0.6 is 0 Å². The number of H-pyrrole nitrogens is 1. The van der Waals surface area contributed by atoms with E-state index in [-0.39, 0.29) is 77.0 Å². The van der Waals surface area contributed by atoms with Gasteiger partial charge in [-0.3, -0.25) is 43.3 Å². The van der Waals surface area contributed by atoms with Crippen LogP contribution in [0.1, 0.15) is 67.7 Å². The van der Waals surface area contributed by atoms with Crippen LogP contribution in [0.5, 0.6) is 0 Å². The lowest BCUT2D eigenvalue weighted by Crippen LogP contribution is -2.63. The monoisotopic (exact) mass is 1110 g/mol. The van der Waals surface area contributed by atoms with E-state index in [2.05, 4.69) is 52.5 Å². The summed E-state index contributed by atoms with van der Waals surface area (Å²) in [5, 5.41) is 33.8. The fourth-order valence-electron chi connectivity index (χ4n) is 9.43. The van der Waals surface area contributed by atoms with Crippen LogP contribution in [0.3, 0.4) is 0 Å². The Hall–Kier alpha value is -8.67. The molecular weight excluding hydrogens is 1040 g/mol. The number of amides is 8. The Balaban J connectivity index is 1.46. The van der Waals surface area contributed by atoms with Gasteiger partial charge >= 0.3 is 0 Å². The van der Waals surface area contributed by atoms with E-state index in [0.717, 1.165) is 10.9 Å². The summed E-state index contributed by atoms with van der Waals surface area (Å²) in [7, 11) is 0. The van der Waals surface area contributed by atoms with Crippen molar-refractivity contribution in [1.82, 2.24) is 47.5 Å². The highest BCUT2D eigenvalue weighted by Crippen LogP contribution is 2.20. The van der Waals surface area contributed by atoms with Crippen LogP contribution in [0.25, 0.3) is 10.9 Å². The van der Waals surface area contributed by atoms with E-state index in [0.29, 0.717) is 35.1 Å². The molecule has 9 atom stereocenters. The number of hydrogen-bond acceptors (Lipinski definition) is 12. The van der Waals surface area contributed by atoms with Crippen molar-refractivity contribution in [2.24, 2.45) is 27.9 Å². The molecule has 0 spiro atoms. The second-order valence-electron chi connectivity index (χ2n) is 20.1. The zero-order valence-corrected chi connectivity index (χ0v) is 45.4. The molecule has 18 N–H and O–H groups in total. The number of aliphatic hydroxyl groups is 1. The van der Waals surface area contributed by atoms with Gasteiger partial charge in [0.2, 0.25) is 47.3 Å². The first-order chi connectivity index (χ1) is 39.0. The van der Waals surface area contributed by atoms with Crippen molar-refractivity contribution in [1.29, 1.82) is 0 Å². The predicted octanol–water partition coefficient (Wildman–Crippen LogP) is -0.757. The Morgan fingerprint density at radius 3 is 1.28 bits per heavy atom. The molecule has 1 aliphatic heterocycles. The van der Waals surface area contributed by atoms with Crippen molar-refractivity contribution in [3.63, 3.8) is 0 Å². The van der Waals surface area contributed by atoms with Crippen molar-refractivity contribution in [3.8, 4) is 0 Å². The molecule has 1 saturated heterocycles. The van der Waals surface area contributed by atoms with E-state index in [9.17, 15) is 38.7 Å². The highest BCUT2D eigenvalue weighted by molar-refractivity contribution is 5.99.